The van der Waals surface area contributed by atoms with Gasteiger partial charge in [-0.25, -0.2) is 4.79 Å². The number of aryl methyl sites for hydroxylation is 1. The van der Waals surface area contributed by atoms with Crippen molar-refractivity contribution in [3.8, 4) is 28.0 Å². The molecule has 2 heterocycles. The highest BCUT2D eigenvalue weighted by Crippen LogP contribution is 2.43. The minimum Gasteiger partial charge on any atom is -0.497 e. The van der Waals surface area contributed by atoms with Crippen molar-refractivity contribution in [1.82, 2.24) is 10.2 Å². The van der Waals surface area contributed by atoms with Gasteiger partial charge in [-0.05, 0) is 84.7 Å². The summed E-state index contributed by atoms with van der Waals surface area (Å²) in [5.41, 5.74) is 7.60. The predicted molar refractivity (Wildman–Crippen MR) is 188 cm³/mol. The first-order valence-corrected chi connectivity index (χ1v) is 16.8. The topological polar surface area (TPSA) is 57.2 Å². The number of hydrogen-bond donors (Lipinski definition) is 1. The summed E-state index contributed by atoms with van der Waals surface area (Å²) in [7, 11) is 1.69. The Kier molecular flexibility index (Phi) is 8.63. The zero-order valence-corrected chi connectivity index (χ0v) is 27.0. The standard InChI is InChI=1S/C40H44N4O2/c1-29-12-6-7-19-35(29)31-14-10-13-30(26-31)28-43-24-22-40(23-25-43)38(41-33-16-4-3-5-17-33)42-39(45)44(40)37-21-9-8-20-36(37)32-15-11-18-34(27-32)46-2/h6-15,18-21,26-27,33H,3-5,16-17,22-25,28H2,1-2H3,(H,41,42,45). The van der Waals surface area contributed by atoms with Crippen molar-refractivity contribution < 1.29 is 9.53 Å². The molecule has 46 heavy (non-hydrogen) atoms. The van der Waals surface area contributed by atoms with Crippen LogP contribution in [0.1, 0.15) is 56.1 Å². The van der Waals surface area contributed by atoms with Gasteiger partial charge in [-0.15, -0.1) is 0 Å². The molecular weight excluding hydrogens is 568 g/mol. The van der Waals surface area contributed by atoms with Crippen molar-refractivity contribution in [2.75, 3.05) is 25.1 Å². The van der Waals surface area contributed by atoms with Gasteiger partial charge in [0.2, 0.25) is 0 Å². The van der Waals surface area contributed by atoms with Crippen LogP contribution in [0.3, 0.4) is 0 Å². The number of ether oxygens (including phenoxy) is 1. The van der Waals surface area contributed by atoms with Gasteiger partial charge in [0.15, 0.2) is 0 Å². The lowest BCUT2D eigenvalue weighted by Crippen LogP contribution is -2.57. The maximum absolute atomic E-state index is 14.1. The highest BCUT2D eigenvalue weighted by molar-refractivity contribution is 6.20. The Morgan fingerprint density at radius 1 is 0.826 bits per heavy atom. The number of methoxy groups -OCH3 is 1. The number of nitrogens with zero attached hydrogens (tertiary/aromatic N) is 3. The van der Waals surface area contributed by atoms with Crippen molar-refractivity contribution >= 4 is 17.6 Å². The van der Waals surface area contributed by atoms with Gasteiger partial charge in [0.1, 0.15) is 17.1 Å². The van der Waals surface area contributed by atoms with Crippen LogP contribution in [0.4, 0.5) is 10.5 Å². The van der Waals surface area contributed by atoms with E-state index in [2.05, 4.69) is 83.9 Å². The first-order valence-electron chi connectivity index (χ1n) is 16.8. The molecule has 6 nitrogen and oxygen atoms in total. The van der Waals surface area contributed by atoms with E-state index in [0.29, 0.717) is 0 Å². The van der Waals surface area contributed by atoms with Crippen LogP contribution in [-0.4, -0.2) is 48.5 Å². The number of amidine groups is 1. The van der Waals surface area contributed by atoms with Crippen LogP contribution in [0.15, 0.2) is 102 Å². The van der Waals surface area contributed by atoms with Crippen LogP contribution in [0.25, 0.3) is 22.3 Å². The van der Waals surface area contributed by atoms with E-state index in [9.17, 15) is 4.79 Å². The number of aliphatic imine (C=N–C) groups is 1. The van der Waals surface area contributed by atoms with Gasteiger partial charge in [0, 0.05) is 25.2 Å². The molecule has 4 aromatic carbocycles. The number of benzene rings is 4. The van der Waals surface area contributed by atoms with Gasteiger partial charge in [-0.1, -0.05) is 92.1 Å². The number of rotatable bonds is 7. The number of carbonyl (C=O) groups is 1. The molecule has 1 aliphatic carbocycles. The molecule has 2 amide bonds. The van der Waals surface area contributed by atoms with Gasteiger partial charge in [0.05, 0.1) is 18.8 Å². The van der Waals surface area contributed by atoms with E-state index in [4.69, 9.17) is 9.73 Å². The SMILES string of the molecule is COc1cccc(-c2ccccc2N2C(=O)NC(=NC3CCCCC3)C23CCN(Cc2cccc(-c4ccccc4C)c2)CC3)c1. The molecule has 0 atom stereocenters. The smallest absolute Gasteiger partial charge is 0.328 e. The van der Waals surface area contributed by atoms with Gasteiger partial charge in [0.25, 0.3) is 0 Å². The quantitative estimate of drug-likeness (QED) is 0.227. The van der Waals surface area contributed by atoms with Crippen molar-refractivity contribution in [3.05, 3.63) is 108 Å². The number of urea groups is 1. The normalized spacial score (nSPS) is 19.5. The van der Waals surface area contributed by atoms with Crippen LogP contribution in [0.2, 0.25) is 0 Å². The van der Waals surface area contributed by atoms with E-state index < -0.39 is 5.54 Å². The van der Waals surface area contributed by atoms with Crippen LogP contribution in [0, 0.1) is 6.92 Å². The minimum absolute atomic E-state index is 0.0794. The van der Waals surface area contributed by atoms with E-state index >= 15 is 0 Å². The van der Waals surface area contributed by atoms with Gasteiger partial charge < -0.3 is 4.74 Å². The second-order valence-electron chi connectivity index (χ2n) is 13.1. The van der Waals surface area contributed by atoms with E-state index in [1.807, 2.05) is 35.2 Å². The minimum atomic E-state index is -0.511. The Balaban J connectivity index is 1.20. The lowest BCUT2D eigenvalue weighted by atomic mass is 9.84. The molecule has 1 N–H and O–H groups in total. The molecule has 0 radical (unpaired) electrons. The maximum Gasteiger partial charge on any atom is 0.328 e. The Bertz CT molecular complexity index is 1730. The van der Waals surface area contributed by atoms with Gasteiger partial charge >= 0.3 is 6.03 Å². The number of para-hydroxylation sites is 1. The zero-order valence-electron chi connectivity index (χ0n) is 27.0. The molecule has 2 saturated heterocycles. The highest BCUT2D eigenvalue weighted by atomic mass is 16.5. The Morgan fingerprint density at radius 2 is 1.52 bits per heavy atom. The van der Waals surface area contributed by atoms with Crippen molar-refractivity contribution in [2.45, 2.75) is 70.0 Å². The average molecular weight is 613 g/mol. The molecule has 4 aromatic rings. The van der Waals surface area contributed by atoms with E-state index in [1.165, 1.54) is 41.5 Å². The first kappa shape index (κ1) is 30.2. The Labute approximate surface area is 273 Å². The zero-order chi connectivity index (χ0) is 31.5. The average Bonchev–Trinajstić information content (AvgIpc) is 3.35. The molecule has 1 saturated carbocycles. The molecule has 2 aliphatic heterocycles. The summed E-state index contributed by atoms with van der Waals surface area (Å²) in [5, 5.41) is 3.30. The van der Waals surface area contributed by atoms with Crippen LogP contribution >= 0.6 is 0 Å². The number of nitrogens with one attached hydrogen (secondary N) is 1. The molecule has 1 spiro atoms. The number of piperidine rings is 1. The van der Waals surface area contributed by atoms with Crippen LogP contribution in [0.5, 0.6) is 5.75 Å². The molecular formula is C40H44N4O2. The number of anilines is 1. The van der Waals surface area contributed by atoms with Gasteiger partial charge in [-0.3, -0.25) is 20.1 Å². The van der Waals surface area contributed by atoms with E-state index in [0.717, 1.165) is 73.7 Å². The largest absolute Gasteiger partial charge is 0.497 e. The number of carbonyl (C=O) groups excluding carboxylic acids is 1. The summed E-state index contributed by atoms with van der Waals surface area (Å²) in [6.45, 7) is 4.82. The molecule has 6 heteroatoms. The Hall–Kier alpha value is -4.42. The monoisotopic (exact) mass is 612 g/mol. The van der Waals surface area contributed by atoms with Gasteiger partial charge in [-0.2, -0.15) is 0 Å². The molecule has 3 fully saturated rings. The molecule has 236 valence electrons. The third-order valence-corrected chi connectivity index (χ3v) is 10.2. The summed E-state index contributed by atoms with van der Waals surface area (Å²) in [6, 6.07) is 34.1. The molecule has 7 rings (SSSR count). The molecule has 0 unspecified atom stereocenters. The third-order valence-electron chi connectivity index (χ3n) is 10.2. The van der Waals surface area contributed by atoms with E-state index in [-0.39, 0.29) is 12.1 Å². The fourth-order valence-electron chi connectivity index (χ4n) is 7.70. The summed E-state index contributed by atoms with van der Waals surface area (Å²) < 4.78 is 5.56. The summed E-state index contributed by atoms with van der Waals surface area (Å²) in [6.07, 6.45) is 7.53. The molecule has 0 bridgehead atoms. The fraction of sp³-hybridized carbons (Fsp3) is 0.350. The maximum atomic E-state index is 14.1. The highest BCUT2D eigenvalue weighted by Gasteiger charge is 2.53. The van der Waals surface area contributed by atoms with Crippen LogP contribution in [-0.2, 0) is 6.54 Å². The lowest BCUT2D eigenvalue weighted by molar-refractivity contribution is 0.184. The summed E-state index contributed by atoms with van der Waals surface area (Å²) in [4.78, 5) is 24.0. The first-order chi connectivity index (χ1) is 22.5. The second kappa shape index (κ2) is 13.1. The summed E-state index contributed by atoms with van der Waals surface area (Å²) >= 11 is 0. The number of hydrogen-bond acceptors (Lipinski definition) is 4. The van der Waals surface area contributed by atoms with E-state index in [1.54, 1.807) is 7.11 Å². The van der Waals surface area contributed by atoms with Crippen molar-refractivity contribution in [2.24, 2.45) is 4.99 Å². The molecule has 3 aliphatic rings. The molecule has 0 aromatic heterocycles. The Morgan fingerprint density at radius 3 is 2.28 bits per heavy atom. The fourth-order valence-corrected chi connectivity index (χ4v) is 7.70. The van der Waals surface area contributed by atoms with Crippen molar-refractivity contribution in [3.63, 3.8) is 0 Å². The lowest BCUT2D eigenvalue weighted by Gasteiger charge is -2.44. The third kappa shape index (κ3) is 5.94. The number of amides is 2. The van der Waals surface area contributed by atoms with Crippen molar-refractivity contribution in [1.29, 1.82) is 0 Å². The second-order valence-corrected chi connectivity index (χ2v) is 13.1. The predicted octanol–water partition coefficient (Wildman–Crippen LogP) is 8.63. The summed E-state index contributed by atoms with van der Waals surface area (Å²) in [5.74, 6) is 1.67. The number of likely N-dealkylation sites (tertiary alicyclic amines) is 1. The van der Waals surface area contributed by atoms with Crippen LogP contribution < -0.4 is 15.0 Å².